The summed E-state index contributed by atoms with van der Waals surface area (Å²) in [5.41, 5.74) is 4.66. The summed E-state index contributed by atoms with van der Waals surface area (Å²) in [5.74, 6) is -0.362. The Balaban J connectivity index is 1.34. The number of rotatable bonds is 11. The first kappa shape index (κ1) is 30.8. The molecule has 2 N–H and O–H groups in total. The molecule has 6 heteroatoms. The fraction of sp³-hybridized carbons (Fsp3) is 0.543. The molecule has 0 radical (unpaired) electrons. The second-order valence-electron chi connectivity index (χ2n) is 12.8. The molecule has 0 heterocycles. The number of carboxylic acid groups (broad SMARTS) is 1. The number of aromatic carboxylic acids is 1. The minimum absolute atomic E-state index is 0.0631. The van der Waals surface area contributed by atoms with Crippen LogP contribution in [0.1, 0.15) is 107 Å². The van der Waals surface area contributed by atoms with Crippen LogP contribution in [0.15, 0.2) is 54.1 Å². The number of amides is 1. The first-order valence-corrected chi connectivity index (χ1v) is 15.4. The Morgan fingerprint density at radius 1 is 1.02 bits per heavy atom. The van der Waals surface area contributed by atoms with Crippen LogP contribution in [0.25, 0.3) is 6.08 Å². The van der Waals surface area contributed by atoms with E-state index in [1.54, 1.807) is 18.2 Å². The van der Waals surface area contributed by atoms with Crippen LogP contribution in [0.3, 0.4) is 0 Å². The predicted molar refractivity (Wildman–Crippen MR) is 165 cm³/mol. The Bertz CT molecular complexity index is 1210. The fourth-order valence-corrected chi connectivity index (χ4v) is 6.06. The van der Waals surface area contributed by atoms with Gasteiger partial charge in [-0.05, 0) is 100 Å². The van der Waals surface area contributed by atoms with Gasteiger partial charge in [-0.25, -0.2) is 9.59 Å². The first-order valence-electron chi connectivity index (χ1n) is 15.4. The van der Waals surface area contributed by atoms with Crippen molar-refractivity contribution in [3.8, 4) is 0 Å². The third kappa shape index (κ3) is 8.93. The quantitative estimate of drug-likeness (QED) is 0.292. The normalized spacial score (nSPS) is 22.7. The monoisotopic (exact) mass is 560 g/mol. The lowest BCUT2D eigenvalue weighted by Crippen LogP contribution is -2.47. The van der Waals surface area contributed by atoms with E-state index in [0.717, 1.165) is 44.1 Å². The molecule has 6 nitrogen and oxygen atoms in total. The second-order valence-corrected chi connectivity index (χ2v) is 12.8. The maximum atomic E-state index is 13.3. The molecule has 0 aliphatic heterocycles. The Kier molecular flexibility index (Phi) is 10.3. The molecule has 41 heavy (non-hydrogen) atoms. The lowest BCUT2D eigenvalue weighted by molar-refractivity contribution is 0.00876. The van der Waals surface area contributed by atoms with Crippen LogP contribution in [-0.2, 0) is 17.7 Å². The average molecular weight is 561 g/mol. The molecule has 0 bridgehead atoms. The van der Waals surface area contributed by atoms with Crippen molar-refractivity contribution < 1.29 is 19.4 Å². The molecule has 2 fully saturated rings. The Morgan fingerprint density at radius 3 is 2.34 bits per heavy atom. The van der Waals surface area contributed by atoms with Gasteiger partial charge in [0.15, 0.2) is 0 Å². The number of ether oxygens (including phenoxy) is 1. The van der Waals surface area contributed by atoms with Crippen molar-refractivity contribution >= 4 is 18.1 Å². The fourth-order valence-electron chi connectivity index (χ4n) is 6.06. The predicted octanol–water partition coefficient (Wildman–Crippen LogP) is 7.86. The molecule has 0 aromatic heterocycles. The number of nitrogens with one attached hydrogen (secondary N) is 1. The summed E-state index contributed by atoms with van der Waals surface area (Å²) in [5, 5.41) is 13.3. The van der Waals surface area contributed by atoms with E-state index in [2.05, 4.69) is 49.5 Å². The zero-order valence-electron chi connectivity index (χ0n) is 25.5. The Labute approximate surface area is 246 Å². The van der Waals surface area contributed by atoms with Gasteiger partial charge in [-0.1, -0.05) is 68.3 Å². The standard InChI is InChI=1S/C35H48N2O4/c1-6-9-24-12-14-25(15-13-24)20-27(7-2)31-22-32(31)36-29-16-18-30(19-17-29)37(34(40)41-35(3,4)5)23-26-10-8-11-28(21-26)33(38)39/h8,10-15,20-21,29-32,36H,6-7,9,16-19,22-23H2,1-5H3,(H,38,39)/b27-20+/t29?,30?,31-,32+/m0/s1. The summed E-state index contributed by atoms with van der Waals surface area (Å²) in [4.78, 5) is 26.6. The van der Waals surface area contributed by atoms with Crippen molar-refractivity contribution in [2.75, 3.05) is 0 Å². The van der Waals surface area contributed by atoms with Crippen LogP contribution in [0.2, 0.25) is 0 Å². The molecule has 0 saturated heterocycles. The van der Waals surface area contributed by atoms with Crippen molar-refractivity contribution in [3.05, 3.63) is 76.4 Å². The van der Waals surface area contributed by atoms with E-state index < -0.39 is 11.6 Å². The van der Waals surface area contributed by atoms with Gasteiger partial charge >= 0.3 is 12.1 Å². The van der Waals surface area contributed by atoms with Crippen molar-refractivity contribution in [2.24, 2.45) is 5.92 Å². The molecule has 2 aromatic rings. The van der Waals surface area contributed by atoms with Crippen molar-refractivity contribution in [1.82, 2.24) is 10.2 Å². The highest BCUT2D eigenvalue weighted by atomic mass is 16.6. The molecule has 2 saturated carbocycles. The maximum Gasteiger partial charge on any atom is 0.410 e. The summed E-state index contributed by atoms with van der Waals surface area (Å²) in [7, 11) is 0. The van der Waals surface area contributed by atoms with E-state index in [1.807, 2.05) is 31.7 Å². The van der Waals surface area contributed by atoms with Gasteiger partial charge in [0.2, 0.25) is 0 Å². The van der Waals surface area contributed by atoms with Gasteiger partial charge in [-0.15, -0.1) is 0 Å². The molecular weight excluding hydrogens is 512 g/mol. The molecular formula is C35H48N2O4. The first-order chi connectivity index (χ1) is 19.6. The van der Waals surface area contributed by atoms with Gasteiger partial charge in [0.1, 0.15) is 5.60 Å². The molecule has 2 aromatic carbocycles. The smallest absolute Gasteiger partial charge is 0.410 e. The van der Waals surface area contributed by atoms with E-state index in [1.165, 1.54) is 29.5 Å². The van der Waals surface area contributed by atoms with Crippen molar-refractivity contribution in [2.45, 2.75) is 116 Å². The van der Waals surface area contributed by atoms with Gasteiger partial charge < -0.3 is 20.1 Å². The molecule has 4 rings (SSSR count). The number of carbonyl (C=O) groups is 2. The Hall–Kier alpha value is -3.12. The third-order valence-corrected chi connectivity index (χ3v) is 8.29. The third-order valence-electron chi connectivity index (χ3n) is 8.29. The largest absolute Gasteiger partial charge is 0.478 e. The highest BCUT2D eigenvalue weighted by Crippen LogP contribution is 2.41. The number of aryl methyl sites for hydroxylation is 1. The number of hydrogen-bond donors (Lipinski definition) is 2. The van der Waals surface area contributed by atoms with Crippen LogP contribution < -0.4 is 5.32 Å². The lowest BCUT2D eigenvalue weighted by atomic mass is 9.89. The zero-order valence-corrected chi connectivity index (χ0v) is 25.5. The molecule has 222 valence electrons. The molecule has 0 unspecified atom stereocenters. The highest BCUT2D eigenvalue weighted by molar-refractivity contribution is 5.87. The summed E-state index contributed by atoms with van der Waals surface area (Å²) < 4.78 is 5.77. The summed E-state index contributed by atoms with van der Waals surface area (Å²) >= 11 is 0. The number of carbonyl (C=O) groups excluding carboxylic acids is 1. The van der Waals surface area contributed by atoms with Gasteiger partial charge in [0.25, 0.3) is 0 Å². The SMILES string of the molecule is CCCc1ccc(/C=C(\CC)[C@@H]2C[C@H]2NC2CCC(N(Cc3cccc(C(=O)O)c3)C(=O)OC(C)(C)C)CC2)cc1. The van der Waals surface area contributed by atoms with Crippen molar-refractivity contribution in [3.63, 3.8) is 0 Å². The Morgan fingerprint density at radius 2 is 1.73 bits per heavy atom. The topological polar surface area (TPSA) is 78.9 Å². The molecule has 1 amide bonds. The zero-order chi connectivity index (χ0) is 29.6. The van der Waals surface area contributed by atoms with Gasteiger partial charge in [-0.3, -0.25) is 0 Å². The number of benzene rings is 2. The van der Waals surface area contributed by atoms with Crippen molar-refractivity contribution in [1.29, 1.82) is 0 Å². The number of nitrogens with zero attached hydrogens (tertiary/aromatic N) is 1. The molecule has 2 atom stereocenters. The van der Waals surface area contributed by atoms with Gasteiger partial charge in [0.05, 0.1) is 5.56 Å². The van der Waals surface area contributed by atoms with Crippen LogP contribution in [-0.4, -0.2) is 45.8 Å². The van der Waals surface area contributed by atoms with Gasteiger partial charge in [0, 0.05) is 24.7 Å². The lowest BCUT2D eigenvalue weighted by Gasteiger charge is -2.38. The van der Waals surface area contributed by atoms with E-state index in [4.69, 9.17) is 4.74 Å². The summed E-state index contributed by atoms with van der Waals surface area (Å²) in [6.45, 7) is 10.4. The summed E-state index contributed by atoms with van der Waals surface area (Å²) in [6.07, 6.45) is 10.4. The molecule has 2 aliphatic carbocycles. The van der Waals surface area contributed by atoms with E-state index >= 15 is 0 Å². The van der Waals surface area contributed by atoms with Crippen LogP contribution >= 0.6 is 0 Å². The van der Waals surface area contributed by atoms with E-state index in [0.29, 0.717) is 24.5 Å². The minimum atomic E-state index is -0.966. The number of hydrogen-bond acceptors (Lipinski definition) is 4. The van der Waals surface area contributed by atoms with Crippen LogP contribution in [0.4, 0.5) is 4.79 Å². The van der Waals surface area contributed by atoms with E-state index in [-0.39, 0.29) is 17.7 Å². The highest BCUT2D eigenvalue weighted by Gasteiger charge is 2.41. The maximum absolute atomic E-state index is 13.3. The van der Waals surface area contributed by atoms with Crippen LogP contribution in [0.5, 0.6) is 0 Å². The molecule has 2 aliphatic rings. The minimum Gasteiger partial charge on any atom is -0.478 e. The number of carboxylic acids is 1. The van der Waals surface area contributed by atoms with Crippen LogP contribution in [0, 0.1) is 5.92 Å². The van der Waals surface area contributed by atoms with Gasteiger partial charge in [-0.2, -0.15) is 0 Å². The average Bonchev–Trinajstić information content (AvgIpc) is 3.70. The summed E-state index contributed by atoms with van der Waals surface area (Å²) in [6, 6.07) is 16.9. The van der Waals surface area contributed by atoms with E-state index in [9.17, 15) is 14.7 Å². The molecule has 0 spiro atoms. The second kappa shape index (κ2) is 13.7.